The molecule has 1 aliphatic heterocycles. The summed E-state index contributed by atoms with van der Waals surface area (Å²) in [4.78, 5) is 0. The molecule has 0 aliphatic carbocycles. The highest BCUT2D eigenvalue weighted by Crippen LogP contribution is 2.34. The Hall–Kier alpha value is -1.07. The van der Waals surface area contributed by atoms with E-state index in [1.54, 1.807) is 12.1 Å². The first-order valence-corrected chi connectivity index (χ1v) is 5.42. The van der Waals surface area contributed by atoms with E-state index >= 15 is 0 Å². The van der Waals surface area contributed by atoms with Crippen LogP contribution in [0.3, 0.4) is 0 Å². The smallest absolute Gasteiger partial charge is 0.384 e. The average molecular weight is 246 g/mol. The highest BCUT2D eigenvalue weighted by Gasteiger charge is 2.40. The van der Waals surface area contributed by atoms with E-state index in [2.05, 4.69) is 0 Å². The van der Waals surface area contributed by atoms with E-state index in [0.29, 0.717) is 13.0 Å². The van der Waals surface area contributed by atoms with Gasteiger partial charge < -0.3 is 9.84 Å². The molecule has 2 nitrogen and oxygen atoms in total. The standard InChI is InChI=1S/C12H13F3O2/c13-12(14,15)11(16)7-10-9-4-2-1-3-8(9)5-6-17-10/h1-4,10-11,16H,5-7H2/t10?,11-/m0/s1. The molecule has 0 saturated heterocycles. The van der Waals surface area contributed by atoms with Crippen LogP contribution >= 0.6 is 0 Å². The van der Waals surface area contributed by atoms with Crippen LogP contribution < -0.4 is 0 Å². The van der Waals surface area contributed by atoms with E-state index < -0.39 is 24.8 Å². The molecule has 5 heteroatoms. The lowest BCUT2D eigenvalue weighted by Gasteiger charge is -2.28. The first-order chi connectivity index (χ1) is 7.98. The summed E-state index contributed by atoms with van der Waals surface area (Å²) in [6, 6.07) is 7.25. The molecule has 0 fully saturated rings. The van der Waals surface area contributed by atoms with Crippen molar-refractivity contribution in [1.82, 2.24) is 0 Å². The van der Waals surface area contributed by atoms with Gasteiger partial charge in [-0.25, -0.2) is 0 Å². The van der Waals surface area contributed by atoms with Gasteiger partial charge in [-0.15, -0.1) is 0 Å². The number of aliphatic hydroxyl groups is 1. The third-order valence-corrected chi connectivity index (χ3v) is 2.91. The molecule has 0 aromatic heterocycles. The van der Waals surface area contributed by atoms with Crippen molar-refractivity contribution in [2.24, 2.45) is 0 Å². The lowest BCUT2D eigenvalue weighted by Crippen LogP contribution is -2.32. The lowest BCUT2D eigenvalue weighted by atomic mass is 9.94. The van der Waals surface area contributed by atoms with Crippen molar-refractivity contribution in [2.75, 3.05) is 6.61 Å². The van der Waals surface area contributed by atoms with E-state index in [1.807, 2.05) is 12.1 Å². The Morgan fingerprint density at radius 3 is 2.76 bits per heavy atom. The molecule has 2 atom stereocenters. The summed E-state index contributed by atoms with van der Waals surface area (Å²) in [5.41, 5.74) is 1.75. The molecule has 0 spiro atoms. The molecular formula is C12H13F3O2. The van der Waals surface area contributed by atoms with Crippen molar-refractivity contribution < 1.29 is 23.0 Å². The summed E-state index contributed by atoms with van der Waals surface area (Å²) in [6.07, 6.45) is -7.33. The Labute approximate surface area is 97.0 Å². The van der Waals surface area contributed by atoms with Gasteiger partial charge in [0.15, 0.2) is 6.10 Å². The molecule has 1 aromatic carbocycles. The van der Waals surface area contributed by atoms with Crippen LogP contribution in [0.15, 0.2) is 24.3 Å². The number of hydrogen-bond donors (Lipinski definition) is 1. The minimum Gasteiger partial charge on any atom is -0.384 e. The Kier molecular flexibility index (Phi) is 3.40. The van der Waals surface area contributed by atoms with Gasteiger partial charge >= 0.3 is 6.18 Å². The van der Waals surface area contributed by atoms with Crippen molar-refractivity contribution in [1.29, 1.82) is 0 Å². The van der Waals surface area contributed by atoms with Gasteiger partial charge in [0.25, 0.3) is 0 Å². The first kappa shape index (κ1) is 12.4. The topological polar surface area (TPSA) is 29.5 Å². The highest BCUT2D eigenvalue weighted by atomic mass is 19.4. The fourth-order valence-corrected chi connectivity index (χ4v) is 2.01. The molecule has 1 aromatic rings. The molecule has 1 N–H and O–H groups in total. The normalized spacial score (nSPS) is 22.0. The molecule has 2 rings (SSSR count). The summed E-state index contributed by atoms with van der Waals surface area (Å²) < 4.78 is 42.1. The fraction of sp³-hybridized carbons (Fsp3) is 0.500. The third-order valence-electron chi connectivity index (χ3n) is 2.91. The molecule has 17 heavy (non-hydrogen) atoms. The molecule has 0 bridgehead atoms. The van der Waals surface area contributed by atoms with Crippen molar-refractivity contribution >= 4 is 0 Å². The SMILES string of the molecule is O[C@@H](CC1OCCc2ccccc21)C(F)(F)F. The van der Waals surface area contributed by atoms with Gasteiger partial charge in [0.05, 0.1) is 12.7 Å². The fourth-order valence-electron chi connectivity index (χ4n) is 2.01. The summed E-state index contributed by atoms with van der Waals surface area (Å²) in [7, 11) is 0. The Bertz CT molecular complexity index is 390. The number of hydrogen-bond acceptors (Lipinski definition) is 2. The largest absolute Gasteiger partial charge is 0.414 e. The monoisotopic (exact) mass is 246 g/mol. The Morgan fingerprint density at radius 2 is 2.06 bits per heavy atom. The molecule has 94 valence electrons. The van der Waals surface area contributed by atoms with Crippen molar-refractivity contribution in [2.45, 2.75) is 31.2 Å². The maximum Gasteiger partial charge on any atom is 0.414 e. The molecule has 0 saturated carbocycles. The number of fused-ring (bicyclic) bond motifs is 1. The third kappa shape index (κ3) is 2.79. The summed E-state index contributed by atoms with van der Waals surface area (Å²) in [6.45, 7) is 0.395. The summed E-state index contributed by atoms with van der Waals surface area (Å²) in [5.74, 6) is 0. The number of rotatable bonds is 2. The number of ether oxygens (including phenoxy) is 1. The maximum atomic E-state index is 12.3. The second-order valence-electron chi connectivity index (χ2n) is 4.10. The lowest BCUT2D eigenvalue weighted by molar-refractivity contribution is -0.213. The van der Waals surface area contributed by atoms with Gasteiger partial charge in [-0.1, -0.05) is 24.3 Å². The van der Waals surface area contributed by atoms with Gasteiger partial charge in [0, 0.05) is 6.42 Å². The van der Waals surface area contributed by atoms with Crippen LogP contribution in [-0.2, 0) is 11.2 Å². The van der Waals surface area contributed by atoms with E-state index in [4.69, 9.17) is 9.84 Å². The van der Waals surface area contributed by atoms with Crippen molar-refractivity contribution in [3.63, 3.8) is 0 Å². The van der Waals surface area contributed by atoms with Gasteiger partial charge in [-0.2, -0.15) is 13.2 Å². The van der Waals surface area contributed by atoms with Crippen LogP contribution in [0, 0.1) is 0 Å². The van der Waals surface area contributed by atoms with Crippen LogP contribution in [0.1, 0.15) is 23.7 Å². The first-order valence-electron chi connectivity index (χ1n) is 5.42. The number of halogens is 3. The maximum absolute atomic E-state index is 12.3. The van der Waals surface area contributed by atoms with Crippen LogP contribution in [0.2, 0.25) is 0 Å². The molecule has 0 radical (unpaired) electrons. The van der Waals surface area contributed by atoms with Gasteiger partial charge in [-0.05, 0) is 17.5 Å². The number of alkyl halides is 3. The summed E-state index contributed by atoms with van der Waals surface area (Å²) in [5, 5.41) is 9.06. The second kappa shape index (κ2) is 4.66. The predicted octanol–water partition coefficient (Wildman–Crippen LogP) is 2.61. The van der Waals surface area contributed by atoms with E-state index in [1.165, 1.54) is 0 Å². The van der Waals surface area contributed by atoms with E-state index in [0.717, 1.165) is 11.1 Å². The van der Waals surface area contributed by atoms with E-state index in [9.17, 15) is 13.2 Å². The minimum atomic E-state index is -4.59. The Morgan fingerprint density at radius 1 is 1.35 bits per heavy atom. The zero-order valence-electron chi connectivity index (χ0n) is 9.07. The van der Waals surface area contributed by atoms with Crippen molar-refractivity contribution in [3.05, 3.63) is 35.4 Å². The zero-order valence-corrected chi connectivity index (χ0v) is 9.07. The predicted molar refractivity (Wildman–Crippen MR) is 55.5 cm³/mol. The Balaban J connectivity index is 2.14. The van der Waals surface area contributed by atoms with E-state index in [-0.39, 0.29) is 0 Å². The zero-order chi connectivity index (χ0) is 12.5. The van der Waals surface area contributed by atoms with Gasteiger partial charge in [0.1, 0.15) is 0 Å². The molecular weight excluding hydrogens is 233 g/mol. The molecule has 1 aliphatic rings. The second-order valence-corrected chi connectivity index (χ2v) is 4.10. The highest BCUT2D eigenvalue weighted by molar-refractivity contribution is 5.30. The van der Waals surface area contributed by atoms with Crippen LogP contribution in [0.5, 0.6) is 0 Å². The van der Waals surface area contributed by atoms with Crippen LogP contribution in [-0.4, -0.2) is 24.0 Å². The molecule has 1 heterocycles. The number of benzene rings is 1. The van der Waals surface area contributed by atoms with Crippen molar-refractivity contribution in [3.8, 4) is 0 Å². The van der Waals surface area contributed by atoms with Crippen LogP contribution in [0.25, 0.3) is 0 Å². The molecule has 1 unspecified atom stereocenters. The quantitative estimate of drug-likeness (QED) is 0.869. The molecule has 0 amide bonds. The van der Waals surface area contributed by atoms with Gasteiger partial charge in [0.2, 0.25) is 0 Å². The summed E-state index contributed by atoms with van der Waals surface area (Å²) >= 11 is 0. The van der Waals surface area contributed by atoms with Crippen LogP contribution in [0.4, 0.5) is 13.2 Å². The number of aliphatic hydroxyl groups excluding tert-OH is 1. The minimum absolute atomic E-state index is 0.395. The average Bonchev–Trinajstić information content (AvgIpc) is 2.28. The van der Waals surface area contributed by atoms with Gasteiger partial charge in [-0.3, -0.25) is 0 Å².